The SMILES string of the molecule is C1=CN=C(c2noc3ccccc23)[N]1. The first-order valence-electron chi connectivity index (χ1n) is 4.23. The molecule has 1 aromatic heterocycles. The lowest BCUT2D eigenvalue weighted by Crippen LogP contribution is -2.08. The van der Waals surface area contributed by atoms with Crippen molar-refractivity contribution < 1.29 is 4.52 Å². The van der Waals surface area contributed by atoms with Crippen molar-refractivity contribution in [2.75, 3.05) is 0 Å². The molecule has 0 amide bonds. The Bertz CT molecular complexity index is 539. The van der Waals surface area contributed by atoms with E-state index >= 15 is 0 Å². The molecule has 3 rings (SSSR count). The van der Waals surface area contributed by atoms with Gasteiger partial charge < -0.3 is 4.52 Å². The fourth-order valence-electron chi connectivity index (χ4n) is 1.41. The lowest BCUT2D eigenvalue weighted by atomic mass is 10.2. The van der Waals surface area contributed by atoms with E-state index in [0.29, 0.717) is 11.5 Å². The molecule has 0 saturated carbocycles. The van der Waals surface area contributed by atoms with Crippen LogP contribution in [-0.2, 0) is 0 Å². The molecule has 0 unspecified atom stereocenters. The molecule has 0 aliphatic carbocycles. The molecule has 1 aliphatic rings. The van der Waals surface area contributed by atoms with Gasteiger partial charge in [-0.3, -0.25) is 0 Å². The fraction of sp³-hybridized carbons (Fsp3) is 0. The third-order valence-electron chi connectivity index (χ3n) is 2.05. The van der Waals surface area contributed by atoms with Crippen molar-refractivity contribution in [3.8, 4) is 0 Å². The van der Waals surface area contributed by atoms with Crippen LogP contribution in [0.1, 0.15) is 5.69 Å². The van der Waals surface area contributed by atoms with Gasteiger partial charge in [-0.25, -0.2) is 10.3 Å². The minimum Gasteiger partial charge on any atom is -0.356 e. The Morgan fingerprint density at radius 2 is 2.00 bits per heavy atom. The summed E-state index contributed by atoms with van der Waals surface area (Å²) < 4.78 is 5.14. The van der Waals surface area contributed by atoms with Gasteiger partial charge in [0.25, 0.3) is 0 Å². The Hall–Kier alpha value is -2.10. The second kappa shape index (κ2) is 2.70. The second-order valence-corrected chi connectivity index (χ2v) is 2.91. The third kappa shape index (κ3) is 0.939. The Labute approximate surface area is 79.9 Å². The van der Waals surface area contributed by atoms with Gasteiger partial charge >= 0.3 is 0 Å². The largest absolute Gasteiger partial charge is 0.356 e. The van der Waals surface area contributed by atoms with Crippen LogP contribution in [0.2, 0.25) is 0 Å². The average molecular weight is 184 g/mol. The number of benzene rings is 1. The molecular weight excluding hydrogens is 178 g/mol. The van der Waals surface area contributed by atoms with Gasteiger partial charge in [-0.05, 0) is 12.1 Å². The standard InChI is InChI=1S/C10H6N3O/c1-2-4-8-7(3-1)9(13-14-8)10-11-5-6-12-10/h1-6H. The maximum Gasteiger partial charge on any atom is 0.182 e. The molecule has 0 atom stereocenters. The molecule has 0 bridgehead atoms. The maximum atomic E-state index is 5.14. The molecule has 14 heavy (non-hydrogen) atoms. The zero-order valence-electron chi connectivity index (χ0n) is 7.21. The first-order chi connectivity index (χ1) is 6.95. The molecule has 2 aromatic rings. The highest BCUT2D eigenvalue weighted by Crippen LogP contribution is 2.18. The molecule has 1 aromatic carbocycles. The van der Waals surface area contributed by atoms with Crippen molar-refractivity contribution in [3.05, 3.63) is 42.4 Å². The van der Waals surface area contributed by atoms with Gasteiger partial charge in [0.1, 0.15) is 0 Å². The number of fused-ring (bicyclic) bond motifs is 1. The van der Waals surface area contributed by atoms with Gasteiger partial charge in [-0.2, -0.15) is 0 Å². The van der Waals surface area contributed by atoms with E-state index in [2.05, 4.69) is 15.5 Å². The minimum atomic E-state index is 0.606. The summed E-state index contributed by atoms with van der Waals surface area (Å²) >= 11 is 0. The average Bonchev–Trinajstić information content (AvgIpc) is 2.85. The lowest BCUT2D eigenvalue weighted by Gasteiger charge is -1.92. The summed E-state index contributed by atoms with van der Waals surface area (Å²) in [5, 5.41) is 8.96. The first-order valence-corrected chi connectivity index (χ1v) is 4.23. The van der Waals surface area contributed by atoms with Gasteiger partial charge in [0, 0.05) is 12.4 Å². The van der Waals surface area contributed by atoms with Crippen molar-refractivity contribution in [3.63, 3.8) is 0 Å². The van der Waals surface area contributed by atoms with Gasteiger partial charge in [-0.1, -0.05) is 17.3 Å². The summed E-state index contributed by atoms with van der Waals surface area (Å²) in [6, 6.07) is 7.65. The quantitative estimate of drug-likeness (QED) is 0.676. The van der Waals surface area contributed by atoms with Crippen molar-refractivity contribution in [2.45, 2.75) is 0 Å². The van der Waals surface area contributed by atoms with E-state index in [1.807, 2.05) is 24.3 Å². The van der Waals surface area contributed by atoms with E-state index in [0.717, 1.165) is 11.0 Å². The van der Waals surface area contributed by atoms with Crippen molar-refractivity contribution in [1.82, 2.24) is 10.5 Å². The summed E-state index contributed by atoms with van der Waals surface area (Å²) in [5.74, 6) is 0.606. The maximum absolute atomic E-state index is 5.14. The zero-order chi connectivity index (χ0) is 9.38. The third-order valence-corrected chi connectivity index (χ3v) is 2.05. The summed E-state index contributed by atoms with van der Waals surface area (Å²) in [4.78, 5) is 4.08. The minimum absolute atomic E-state index is 0.606. The lowest BCUT2D eigenvalue weighted by molar-refractivity contribution is 0.454. The highest BCUT2D eigenvalue weighted by atomic mass is 16.5. The summed E-state index contributed by atoms with van der Waals surface area (Å²) in [6.45, 7) is 0. The van der Waals surface area contributed by atoms with Crippen LogP contribution >= 0.6 is 0 Å². The Balaban J connectivity index is 2.22. The zero-order valence-corrected chi connectivity index (χ0v) is 7.21. The smallest absolute Gasteiger partial charge is 0.182 e. The van der Waals surface area contributed by atoms with Gasteiger partial charge in [0.15, 0.2) is 17.1 Å². The number of para-hydroxylation sites is 1. The van der Waals surface area contributed by atoms with Crippen LogP contribution < -0.4 is 5.32 Å². The van der Waals surface area contributed by atoms with Crippen LogP contribution in [0.4, 0.5) is 0 Å². The Kier molecular flexibility index (Phi) is 1.41. The van der Waals surface area contributed by atoms with Gasteiger partial charge in [0.05, 0.1) is 5.39 Å². The Morgan fingerprint density at radius 3 is 2.86 bits per heavy atom. The molecule has 4 nitrogen and oxygen atoms in total. The highest BCUT2D eigenvalue weighted by molar-refractivity contribution is 6.08. The van der Waals surface area contributed by atoms with Crippen LogP contribution in [-0.4, -0.2) is 11.0 Å². The summed E-state index contributed by atoms with van der Waals surface area (Å²) in [6.07, 6.45) is 3.28. The Morgan fingerprint density at radius 1 is 1.07 bits per heavy atom. The molecule has 0 fully saturated rings. The predicted molar refractivity (Wildman–Crippen MR) is 51.8 cm³/mol. The van der Waals surface area contributed by atoms with Gasteiger partial charge in [0.2, 0.25) is 0 Å². The van der Waals surface area contributed by atoms with Crippen molar-refractivity contribution in [1.29, 1.82) is 0 Å². The van der Waals surface area contributed by atoms with E-state index in [1.54, 1.807) is 12.4 Å². The molecule has 1 radical (unpaired) electrons. The van der Waals surface area contributed by atoms with E-state index in [4.69, 9.17) is 4.52 Å². The summed E-state index contributed by atoms with van der Waals surface area (Å²) in [7, 11) is 0. The number of amidine groups is 1. The van der Waals surface area contributed by atoms with E-state index in [1.165, 1.54) is 0 Å². The highest BCUT2D eigenvalue weighted by Gasteiger charge is 2.15. The molecule has 2 heterocycles. The number of hydrogen-bond donors (Lipinski definition) is 0. The van der Waals surface area contributed by atoms with Crippen LogP contribution in [0.3, 0.4) is 0 Å². The van der Waals surface area contributed by atoms with Crippen LogP contribution in [0.15, 0.2) is 46.2 Å². The molecule has 1 aliphatic heterocycles. The summed E-state index contributed by atoms with van der Waals surface area (Å²) in [5.41, 5.74) is 1.46. The molecule has 0 N–H and O–H groups in total. The van der Waals surface area contributed by atoms with Gasteiger partial charge in [-0.15, -0.1) is 0 Å². The van der Waals surface area contributed by atoms with Crippen molar-refractivity contribution in [2.24, 2.45) is 4.99 Å². The van der Waals surface area contributed by atoms with E-state index in [9.17, 15) is 0 Å². The molecule has 4 heteroatoms. The monoisotopic (exact) mass is 184 g/mol. The number of nitrogens with zero attached hydrogens (tertiary/aromatic N) is 3. The van der Waals surface area contributed by atoms with Crippen LogP contribution in [0.5, 0.6) is 0 Å². The topological polar surface area (TPSA) is 52.5 Å². The molecule has 67 valence electrons. The number of hydrogen-bond acceptors (Lipinski definition) is 3. The number of aromatic nitrogens is 1. The van der Waals surface area contributed by atoms with E-state index in [-0.39, 0.29) is 0 Å². The normalized spacial score (nSPS) is 14.4. The van der Waals surface area contributed by atoms with Crippen molar-refractivity contribution >= 4 is 16.8 Å². The molecule has 0 saturated heterocycles. The molecular formula is C10H6N3O. The number of aliphatic imine (C=N–C) groups is 1. The predicted octanol–water partition coefficient (Wildman–Crippen LogP) is 1.66. The van der Waals surface area contributed by atoms with Crippen LogP contribution in [0, 0.1) is 0 Å². The van der Waals surface area contributed by atoms with E-state index < -0.39 is 0 Å². The fourth-order valence-corrected chi connectivity index (χ4v) is 1.41. The number of rotatable bonds is 1. The second-order valence-electron chi connectivity index (χ2n) is 2.91. The first kappa shape index (κ1) is 7.32. The molecule has 0 spiro atoms. The van der Waals surface area contributed by atoms with Crippen LogP contribution in [0.25, 0.3) is 11.0 Å².